The van der Waals surface area contributed by atoms with Crippen molar-refractivity contribution < 1.29 is 17.7 Å². The van der Waals surface area contributed by atoms with Gasteiger partial charge in [0.05, 0.1) is 19.3 Å². The van der Waals surface area contributed by atoms with E-state index in [1.54, 1.807) is 11.4 Å². The molecule has 3 heterocycles. The smallest absolute Gasteiger partial charge is 0.231 e. The summed E-state index contributed by atoms with van der Waals surface area (Å²) < 4.78 is 37.1. The van der Waals surface area contributed by atoms with Crippen molar-refractivity contribution >= 4 is 10.0 Å². The number of rotatable bonds is 6. The van der Waals surface area contributed by atoms with E-state index in [0.717, 1.165) is 49.6 Å². The number of methoxy groups -OCH3 is 1. The van der Waals surface area contributed by atoms with Crippen LogP contribution in [0.4, 0.5) is 0 Å². The normalized spacial score (nSPS) is 24.3. The molecule has 30 heavy (non-hydrogen) atoms. The number of nitrogens with zero attached hydrogens (tertiary/aromatic N) is 4. The summed E-state index contributed by atoms with van der Waals surface area (Å²) in [5.74, 6) is 2.63. The van der Waals surface area contributed by atoms with Crippen LogP contribution in [0.15, 0.2) is 22.7 Å². The standard InChI is InChI=1S/C21H28N4O4S/c1-14-8-15(4-7-18(14)28-2)9-24-11-21(12-24)13-25(30(3,26)27)10-17(21)20-22-19(23-29-20)16-5-6-16/h4,7-8,16-17H,5-6,9-13H2,1-3H3. The summed E-state index contributed by atoms with van der Waals surface area (Å²) in [6.07, 6.45) is 3.50. The van der Waals surface area contributed by atoms with Crippen molar-refractivity contribution in [2.45, 2.75) is 38.1 Å². The second kappa shape index (κ2) is 7.03. The topological polar surface area (TPSA) is 88.8 Å². The summed E-state index contributed by atoms with van der Waals surface area (Å²) >= 11 is 0. The van der Waals surface area contributed by atoms with Gasteiger partial charge in [0, 0.05) is 44.1 Å². The summed E-state index contributed by atoms with van der Waals surface area (Å²) in [6, 6.07) is 6.24. The molecule has 1 aliphatic carbocycles. The third-order valence-corrected chi connectivity index (χ3v) is 7.94. The van der Waals surface area contributed by atoms with Gasteiger partial charge in [0.1, 0.15) is 5.75 Å². The third-order valence-electron chi connectivity index (χ3n) is 6.73. The van der Waals surface area contributed by atoms with E-state index >= 15 is 0 Å². The summed E-state index contributed by atoms with van der Waals surface area (Å²) in [4.78, 5) is 7.02. The molecule has 0 amide bonds. The fraction of sp³-hybridized carbons (Fsp3) is 0.619. The molecule has 5 rings (SSSR count). The van der Waals surface area contributed by atoms with E-state index < -0.39 is 10.0 Å². The molecular weight excluding hydrogens is 404 g/mol. The van der Waals surface area contributed by atoms with Crippen molar-refractivity contribution in [2.24, 2.45) is 5.41 Å². The van der Waals surface area contributed by atoms with E-state index in [2.05, 4.69) is 27.2 Å². The van der Waals surface area contributed by atoms with Gasteiger partial charge < -0.3 is 9.26 Å². The molecule has 0 bridgehead atoms. The monoisotopic (exact) mass is 432 g/mol. The zero-order chi connectivity index (χ0) is 21.1. The maximum atomic E-state index is 12.3. The number of aromatic nitrogens is 2. The third kappa shape index (κ3) is 3.52. The number of ether oxygens (including phenoxy) is 1. The van der Waals surface area contributed by atoms with Crippen molar-refractivity contribution in [3.05, 3.63) is 41.0 Å². The molecule has 8 nitrogen and oxygen atoms in total. The first-order chi connectivity index (χ1) is 14.3. The van der Waals surface area contributed by atoms with E-state index in [-0.39, 0.29) is 11.3 Å². The zero-order valence-electron chi connectivity index (χ0n) is 17.7. The van der Waals surface area contributed by atoms with Crippen molar-refractivity contribution in [2.75, 3.05) is 39.5 Å². The Labute approximate surface area is 177 Å². The average Bonchev–Trinajstić information content (AvgIpc) is 3.24. The number of likely N-dealkylation sites (tertiary alicyclic amines) is 1. The predicted octanol–water partition coefficient (Wildman–Crippen LogP) is 2.13. The van der Waals surface area contributed by atoms with Gasteiger partial charge in [-0.1, -0.05) is 17.3 Å². The van der Waals surface area contributed by atoms with Gasteiger partial charge in [-0.2, -0.15) is 4.98 Å². The molecule has 0 radical (unpaired) electrons. The summed E-state index contributed by atoms with van der Waals surface area (Å²) in [7, 11) is -1.58. The van der Waals surface area contributed by atoms with Crippen LogP contribution in [-0.2, 0) is 16.6 Å². The van der Waals surface area contributed by atoms with Crippen molar-refractivity contribution in [1.29, 1.82) is 0 Å². The quantitative estimate of drug-likeness (QED) is 0.691. The molecular formula is C21H28N4O4S. The Balaban J connectivity index is 1.34. The fourth-order valence-corrected chi connectivity index (χ4v) is 5.90. The van der Waals surface area contributed by atoms with E-state index in [1.807, 2.05) is 13.0 Å². The highest BCUT2D eigenvalue weighted by molar-refractivity contribution is 7.88. The predicted molar refractivity (Wildman–Crippen MR) is 111 cm³/mol. The largest absolute Gasteiger partial charge is 0.496 e. The average molecular weight is 433 g/mol. The van der Waals surface area contributed by atoms with Crippen LogP contribution in [0.5, 0.6) is 5.75 Å². The first kappa shape index (κ1) is 20.0. The Kier molecular flexibility index (Phi) is 4.68. The van der Waals surface area contributed by atoms with Crippen molar-refractivity contribution in [3.8, 4) is 5.75 Å². The van der Waals surface area contributed by atoms with Gasteiger partial charge in [0.25, 0.3) is 0 Å². The summed E-state index contributed by atoms with van der Waals surface area (Å²) in [5, 5.41) is 4.17. The minimum absolute atomic E-state index is 0.0546. The lowest BCUT2D eigenvalue weighted by Crippen LogP contribution is -2.59. The minimum Gasteiger partial charge on any atom is -0.496 e. The van der Waals surface area contributed by atoms with Crippen LogP contribution in [0, 0.1) is 12.3 Å². The highest BCUT2D eigenvalue weighted by Gasteiger charge is 2.58. The SMILES string of the molecule is COc1ccc(CN2CC3(C2)CN(S(C)(=O)=O)CC3c2nc(C3CC3)no2)cc1C. The maximum absolute atomic E-state index is 12.3. The molecule has 1 saturated carbocycles. The maximum Gasteiger partial charge on any atom is 0.231 e. The van der Waals surface area contributed by atoms with Gasteiger partial charge in [-0.05, 0) is 37.0 Å². The molecule has 2 aromatic rings. The lowest BCUT2D eigenvalue weighted by atomic mass is 9.71. The van der Waals surface area contributed by atoms with Crippen molar-refractivity contribution in [1.82, 2.24) is 19.3 Å². The molecule has 1 atom stereocenters. The Morgan fingerprint density at radius 2 is 2.03 bits per heavy atom. The van der Waals surface area contributed by atoms with Crippen molar-refractivity contribution in [3.63, 3.8) is 0 Å². The molecule has 9 heteroatoms. The second-order valence-electron chi connectivity index (χ2n) is 9.18. The molecule has 1 unspecified atom stereocenters. The number of benzene rings is 1. The van der Waals surface area contributed by atoms with Gasteiger partial charge in [0.2, 0.25) is 15.9 Å². The van der Waals surface area contributed by atoms with Crippen LogP contribution in [0.25, 0.3) is 0 Å². The number of hydrogen-bond donors (Lipinski definition) is 0. The Bertz CT molecular complexity index is 1060. The minimum atomic E-state index is -3.27. The highest BCUT2D eigenvalue weighted by atomic mass is 32.2. The van der Waals surface area contributed by atoms with E-state index in [1.165, 1.54) is 11.8 Å². The van der Waals surface area contributed by atoms with Crippen LogP contribution >= 0.6 is 0 Å². The van der Waals surface area contributed by atoms with Crippen LogP contribution in [-0.4, -0.2) is 67.3 Å². The van der Waals surface area contributed by atoms with Crippen LogP contribution in [0.3, 0.4) is 0 Å². The summed E-state index contributed by atoms with van der Waals surface area (Å²) in [6.45, 7) is 5.43. The Hall–Kier alpha value is -1.97. The Morgan fingerprint density at radius 3 is 2.67 bits per heavy atom. The van der Waals surface area contributed by atoms with Gasteiger partial charge in [-0.3, -0.25) is 4.90 Å². The molecule has 1 aromatic carbocycles. The number of aryl methyl sites for hydroxylation is 1. The second-order valence-corrected chi connectivity index (χ2v) is 11.2. The lowest BCUT2D eigenvalue weighted by molar-refractivity contribution is -0.0117. The highest BCUT2D eigenvalue weighted by Crippen LogP contribution is 2.50. The van der Waals surface area contributed by atoms with E-state index in [0.29, 0.717) is 24.9 Å². The van der Waals surface area contributed by atoms with E-state index in [9.17, 15) is 8.42 Å². The van der Waals surface area contributed by atoms with Gasteiger partial charge in [-0.25, -0.2) is 12.7 Å². The molecule has 162 valence electrons. The van der Waals surface area contributed by atoms with Crippen LogP contribution in [0.1, 0.15) is 47.5 Å². The van der Waals surface area contributed by atoms with Gasteiger partial charge in [0.15, 0.2) is 5.82 Å². The van der Waals surface area contributed by atoms with Crippen LogP contribution in [0.2, 0.25) is 0 Å². The Morgan fingerprint density at radius 1 is 1.27 bits per heavy atom. The number of sulfonamides is 1. The molecule has 2 saturated heterocycles. The summed E-state index contributed by atoms with van der Waals surface area (Å²) in [5.41, 5.74) is 2.18. The van der Waals surface area contributed by atoms with Crippen LogP contribution < -0.4 is 4.74 Å². The lowest BCUT2D eigenvalue weighted by Gasteiger charge is -2.50. The molecule has 3 fully saturated rings. The number of hydrogen-bond acceptors (Lipinski definition) is 7. The van der Waals surface area contributed by atoms with Gasteiger partial charge in [-0.15, -0.1) is 0 Å². The fourth-order valence-electron chi connectivity index (χ4n) is 4.99. The first-order valence-electron chi connectivity index (χ1n) is 10.4. The first-order valence-corrected chi connectivity index (χ1v) is 12.3. The molecule has 2 aliphatic heterocycles. The molecule has 1 aromatic heterocycles. The molecule has 0 N–H and O–H groups in total. The molecule has 1 spiro atoms. The van der Waals surface area contributed by atoms with E-state index in [4.69, 9.17) is 9.26 Å². The molecule has 3 aliphatic rings. The van der Waals surface area contributed by atoms with Gasteiger partial charge >= 0.3 is 0 Å². The zero-order valence-corrected chi connectivity index (χ0v) is 18.5.